The Hall–Kier alpha value is -2.87. The van der Waals surface area contributed by atoms with Crippen LogP contribution in [0.25, 0.3) is 11.1 Å². The van der Waals surface area contributed by atoms with Crippen molar-refractivity contribution in [3.63, 3.8) is 0 Å². The first kappa shape index (κ1) is 16.0. The van der Waals surface area contributed by atoms with E-state index in [1.54, 1.807) is 31.2 Å². The first-order valence-electron chi connectivity index (χ1n) is 7.11. The SMILES string of the molecule is CC(=O)Nc1cccc(NS(=O)(=O)c2ccc3oc(C)nc3c2)c1. The van der Waals surface area contributed by atoms with E-state index in [2.05, 4.69) is 15.0 Å². The van der Waals surface area contributed by atoms with E-state index >= 15 is 0 Å². The summed E-state index contributed by atoms with van der Waals surface area (Å²) < 4.78 is 32.9. The third kappa shape index (κ3) is 3.38. The summed E-state index contributed by atoms with van der Waals surface area (Å²) in [5, 5.41) is 2.60. The summed E-state index contributed by atoms with van der Waals surface area (Å²) in [6, 6.07) is 10.9. The van der Waals surface area contributed by atoms with Gasteiger partial charge in [-0.3, -0.25) is 9.52 Å². The number of fused-ring (bicyclic) bond motifs is 1. The summed E-state index contributed by atoms with van der Waals surface area (Å²) in [6.45, 7) is 3.08. The first-order chi connectivity index (χ1) is 11.3. The molecule has 0 saturated carbocycles. The quantitative estimate of drug-likeness (QED) is 0.757. The minimum Gasteiger partial charge on any atom is -0.441 e. The van der Waals surface area contributed by atoms with Crippen LogP contribution in [0.5, 0.6) is 0 Å². The maximum atomic E-state index is 12.5. The average Bonchev–Trinajstić information content (AvgIpc) is 2.85. The Kier molecular flexibility index (Phi) is 3.98. The number of nitrogens with zero attached hydrogens (tertiary/aromatic N) is 1. The van der Waals surface area contributed by atoms with Crippen LogP contribution in [0.4, 0.5) is 11.4 Å². The molecule has 2 N–H and O–H groups in total. The highest BCUT2D eigenvalue weighted by Gasteiger charge is 2.16. The van der Waals surface area contributed by atoms with Gasteiger partial charge in [0.25, 0.3) is 10.0 Å². The number of carbonyl (C=O) groups is 1. The Morgan fingerprint density at radius 2 is 1.88 bits per heavy atom. The summed E-state index contributed by atoms with van der Waals surface area (Å²) in [5.41, 5.74) is 1.85. The van der Waals surface area contributed by atoms with Crippen LogP contribution >= 0.6 is 0 Å². The Balaban J connectivity index is 1.90. The van der Waals surface area contributed by atoms with Crippen molar-refractivity contribution in [2.75, 3.05) is 10.0 Å². The van der Waals surface area contributed by atoms with Gasteiger partial charge >= 0.3 is 0 Å². The summed E-state index contributed by atoms with van der Waals surface area (Å²) in [7, 11) is -3.79. The molecule has 0 aliphatic heterocycles. The number of hydrogen-bond acceptors (Lipinski definition) is 5. The average molecular weight is 345 g/mol. The molecule has 3 rings (SSSR count). The number of carbonyl (C=O) groups excluding carboxylic acids is 1. The van der Waals surface area contributed by atoms with Crippen LogP contribution in [0, 0.1) is 6.92 Å². The molecule has 0 unspecified atom stereocenters. The third-order valence-electron chi connectivity index (χ3n) is 3.21. The number of aryl methyl sites for hydroxylation is 1. The lowest BCUT2D eigenvalue weighted by Crippen LogP contribution is -2.13. The molecular weight excluding hydrogens is 330 g/mol. The molecule has 0 aliphatic rings. The number of rotatable bonds is 4. The lowest BCUT2D eigenvalue weighted by atomic mass is 10.3. The van der Waals surface area contributed by atoms with Crippen molar-refractivity contribution in [1.29, 1.82) is 0 Å². The molecule has 2 aromatic carbocycles. The van der Waals surface area contributed by atoms with Gasteiger partial charge in [0.05, 0.1) is 10.6 Å². The molecule has 0 bridgehead atoms. The van der Waals surface area contributed by atoms with Crippen molar-refractivity contribution in [2.45, 2.75) is 18.7 Å². The van der Waals surface area contributed by atoms with Crippen LogP contribution < -0.4 is 10.0 Å². The van der Waals surface area contributed by atoms with Gasteiger partial charge in [-0.2, -0.15) is 0 Å². The predicted octanol–water partition coefficient (Wildman–Crippen LogP) is 2.90. The van der Waals surface area contributed by atoms with Gasteiger partial charge in [-0.05, 0) is 36.4 Å². The van der Waals surface area contributed by atoms with Crippen LogP contribution in [0.1, 0.15) is 12.8 Å². The van der Waals surface area contributed by atoms with Gasteiger partial charge in [0.2, 0.25) is 5.91 Å². The molecule has 1 aromatic heterocycles. The Labute approximate surface area is 138 Å². The zero-order valence-corrected chi connectivity index (χ0v) is 13.8. The number of anilines is 2. The van der Waals surface area contributed by atoms with E-state index in [1.165, 1.54) is 25.1 Å². The zero-order chi connectivity index (χ0) is 17.3. The summed E-state index contributed by atoms with van der Waals surface area (Å²) in [5.74, 6) is 0.234. The summed E-state index contributed by atoms with van der Waals surface area (Å²) in [4.78, 5) is 15.3. The molecule has 0 saturated heterocycles. The van der Waals surface area contributed by atoms with Crippen molar-refractivity contribution in [3.8, 4) is 0 Å². The normalized spacial score (nSPS) is 11.4. The highest BCUT2D eigenvalue weighted by atomic mass is 32.2. The van der Waals surface area contributed by atoms with Gasteiger partial charge in [0.15, 0.2) is 11.5 Å². The second-order valence-electron chi connectivity index (χ2n) is 5.23. The molecule has 0 fully saturated rings. The van der Waals surface area contributed by atoms with E-state index < -0.39 is 10.0 Å². The molecular formula is C16H15N3O4S. The van der Waals surface area contributed by atoms with Gasteiger partial charge < -0.3 is 9.73 Å². The minimum absolute atomic E-state index is 0.0771. The lowest BCUT2D eigenvalue weighted by Gasteiger charge is -2.09. The van der Waals surface area contributed by atoms with Crippen LogP contribution in [0.15, 0.2) is 51.8 Å². The van der Waals surface area contributed by atoms with Crippen molar-refractivity contribution in [3.05, 3.63) is 48.4 Å². The van der Waals surface area contributed by atoms with E-state index in [1.807, 2.05) is 0 Å². The molecule has 24 heavy (non-hydrogen) atoms. The molecule has 0 aliphatic carbocycles. The van der Waals surface area contributed by atoms with E-state index in [9.17, 15) is 13.2 Å². The van der Waals surface area contributed by atoms with Crippen LogP contribution in [0.2, 0.25) is 0 Å². The summed E-state index contributed by atoms with van der Waals surface area (Å²) >= 11 is 0. The zero-order valence-electron chi connectivity index (χ0n) is 13.0. The third-order valence-corrected chi connectivity index (χ3v) is 4.59. The number of hydrogen-bond donors (Lipinski definition) is 2. The summed E-state index contributed by atoms with van der Waals surface area (Å²) in [6.07, 6.45) is 0. The van der Waals surface area contributed by atoms with Crippen molar-refractivity contribution >= 4 is 38.4 Å². The fourth-order valence-corrected chi connectivity index (χ4v) is 3.34. The van der Waals surface area contributed by atoms with Gasteiger partial charge in [-0.15, -0.1) is 0 Å². The minimum atomic E-state index is -3.79. The van der Waals surface area contributed by atoms with E-state index in [4.69, 9.17) is 4.42 Å². The van der Waals surface area contributed by atoms with Gasteiger partial charge in [0, 0.05) is 19.5 Å². The monoisotopic (exact) mass is 345 g/mol. The molecule has 3 aromatic rings. The lowest BCUT2D eigenvalue weighted by molar-refractivity contribution is -0.114. The molecule has 1 amide bonds. The van der Waals surface area contributed by atoms with Crippen LogP contribution in [0.3, 0.4) is 0 Å². The van der Waals surface area contributed by atoms with Gasteiger partial charge in [0.1, 0.15) is 5.52 Å². The highest BCUT2D eigenvalue weighted by Crippen LogP contribution is 2.23. The second kappa shape index (κ2) is 5.97. The Morgan fingerprint density at radius 3 is 2.62 bits per heavy atom. The number of benzene rings is 2. The first-order valence-corrected chi connectivity index (χ1v) is 8.59. The topological polar surface area (TPSA) is 101 Å². The molecule has 124 valence electrons. The number of nitrogens with one attached hydrogen (secondary N) is 2. The van der Waals surface area contributed by atoms with Crippen molar-refractivity contribution in [2.24, 2.45) is 0 Å². The fraction of sp³-hybridized carbons (Fsp3) is 0.125. The Morgan fingerprint density at radius 1 is 1.12 bits per heavy atom. The molecule has 7 nitrogen and oxygen atoms in total. The molecule has 0 spiro atoms. The maximum absolute atomic E-state index is 12.5. The predicted molar refractivity (Wildman–Crippen MR) is 90.3 cm³/mol. The largest absolute Gasteiger partial charge is 0.441 e. The molecule has 8 heteroatoms. The number of aromatic nitrogens is 1. The van der Waals surface area contributed by atoms with E-state index in [0.29, 0.717) is 28.4 Å². The number of sulfonamides is 1. The van der Waals surface area contributed by atoms with E-state index in [-0.39, 0.29) is 10.8 Å². The molecule has 1 heterocycles. The van der Waals surface area contributed by atoms with Crippen molar-refractivity contribution in [1.82, 2.24) is 4.98 Å². The van der Waals surface area contributed by atoms with Crippen molar-refractivity contribution < 1.29 is 17.6 Å². The second-order valence-corrected chi connectivity index (χ2v) is 6.91. The van der Waals surface area contributed by atoms with Crippen LogP contribution in [-0.4, -0.2) is 19.3 Å². The fourth-order valence-electron chi connectivity index (χ4n) is 2.27. The Bertz CT molecular complexity index is 1020. The molecule has 0 atom stereocenters. The van der Waals surface area contributed by atoms with Crippen LogP contribution in [-0.2, 0) is 14.8 Å². The van der Waals surface area contributed by atoms with Gasteiger partial charge in [-0.25, -0.2) is 13.4 Å². The standard InChI is InChI=1S/C16H15N3O4S/c1-10(20)17-12-4-3-5-13(8-12)19-24(21,22)14-6-7-16-15(9-14)18-11(2)23-16/h3-9,19H,1-2H3,(H,17,20). The van der Waals surface area contributed by atoms with E-state index in [0.717, 1.165) is 0 Å². The maximum Gasteiger partial charge on any atom is 0.261 e. The smallest absolute Gasteiger partial charge is 0.261 e. The number of oxazole rings is 1. The number of amides is 1. The molecule has 0 radical (unpaired) electrons. The van der Waals surface area contributed by atoms with Gasteiger partial charge in [-0.1, -0.05) is 6.07 Å². The highest BCUT2D eigenvalue weighted by molar-refractivity contribution is 7.92.